The van der Waals surface area contributed by atoms with Crippen LogP contribution in [0.3, 0.4) is 0 Å². The lowest BCUT2D eigenvalue weighted by Gasteiger charge is -2.37. The van der Waals surface area contributed by atoms with Crippen molar-refractivity contribution in [2.45, 2.75) is 52.7 Å². The summed E-state index contributed by atoms with van der Waals surface area (Å²) in [4.78, 5) is 10.6. The summed E-state index contributed by atoms with van der Waals surface area (Å²) < 4.78 is 6.13. The van der Waals surface area contributed by atoms with E-state index in [2.05, 4.69) is 105 Å². The standard InChI is InChI=1S/C40H36BN2O2/c1-24-33-29-19-13-14-20-31(29)42-37(26-15-9-7-10-16-26)35(33)25(2)34-30-22-21-28(41-45-40(5,6)39(3,4)44)23-32(30)43-38(36(24)34)27-17-11-8-12-18-27/h7-23,44H,1-6H3. The summed E-state index contributed by atoms with van der Waals surface area (Å²) in [6, 6.07) is 35.7. The Labute approximate surface area is 265 Å². The fourth-order valence-electron chi connectivity index (χ4n) is 6.30. The molecular formula is C40H36BN2O2. The predicted octanol–water partition coefficient (Wildman–Crippen LogP) is 8.85. The maximum absolute atomic E-state index is 10.6. The minimum absolute atomic E-state index is 0.774. The van der Waals surface area contributed by atoms with Crippen molar-refractivity contribution in [3.05, 3.63) is 114 Å². The summed E-state index contributed by atoms with van der Waals surface area (Å²) >= 11 is 0. The molecule has 0 spiro atoms. The van der Waals surface area contributed by atoms with Crippen LogP contribution in [0.25, 0.3) is 65.9 Å². The van der Waals surface area contributed by atoms with E-state index in [1.165, 1.54) is 27.3 Å². The summed E-state index contributed by atoms with van der Waals surface area (Å²) in [6.07, 6.45) is 0. The van der Waals surface area contributed by atoms with E-state index < -0.39 is 11.2 Å². The highest BCUT2D eigenvalue weighted by Gasteiger charge is 2.35. The third-order valence-electron chi connectivity index (χ3n) is 9.46. The minimum atomic E-state index is -1.01. The number of nitrogens with zero attached hydrogens (tertiary/aromatic N) is 2. The average molecular weight is 588 g/mol. The maximum atomic E-state index is 10.6. The first-order valence-electron chi connectivity index (χ1n) is 15.5. The monoisotopic (exact) mass is 587 g/mol. The normalized spacial score (nSPS) is 12.4. The molecule has 0 amide bonds. The van der Waals surface area contributed by atoms with Gasteiger partial charge >= 0.3 is 7.48 Å². The zero-order valence-electron chi connectivity index (χ0n) is 26.6. The van der Waals surface area contributed by atoms with Crippen molar-refractivity contribution in [2.24, 2.45) is 0 Å². The lowest BCUT2D eigenvalue weighted by Crippen LogP contribution is -2.49. The van der Waals surface area contributed by atoms with Gasteiger partial charge in [0.25, 0.3) is 0 Å². The van der Waals surface area contributed by atoms with Gasteiger partial charge in [0.1, 0.15) is 0 Å². The van der Waals surface area contributed by atoms with Crippen LogP contribution in [0.15, 0.2) is 103 Å². The van der Waals surface area contributed by atoms with E-state index in [4.69, 9.17) is 14.6 Å². The van der Waals surface area contributed by atoms with Crippen LogP contribution in [0.1, 0.15) is 38.8 Å². The SMILES string of the molecule is Cc1c2c(-c3ccccc3)nc3cc([B]OC(C)(C)C(C)(C)O)ccc3c2c(C)c2c(-c3ccccc3)nc3ccccc3c12. The van der Waals surface area contributed by atoms with Gasteiger partial charge in [-0.1, -0.05) is 96.5 Å². The number of hydrogen-bond acceptors (Lipinski definition) is 4. The van der Waals surface area contributed by atoms with Crippen LogP contribution in [-0.4, -0.2) is 33.8 Å². The van der Waals surface area contributed by atoms with Gasteiger partial charge in [-0.25, -0.2) is 9.97 Å². The van der Waals surface area contributed by atoms with Gasteiger partial charge in [-0.3, -0.25) is 0 Å². The molecule has 1 N–H and O–H groups in total. The Morgan fingerprint density at radius 1 is 0.578 bits per heavy atom. The number of fused-ring (bicyclic) bond motifs is 6. The Morgan fingerprint density at radius 3 is 1.62 bits per heavy atom. The Bertz CT molecular complexity index is 2240. The Hall–Kier alpha value is -4.58. The third kappa shape index (κ3) is 4.88. The first-order chi connectivity index (χ1) is 21.5. The Kier molecular flexibility index (Phi) is 6.99. The molecule has 0 atom stereocenters. The second kappa shape index (κ2) is 10.8. The van der Waals surface area contributed by atoms with Crippen LogP contribution in [0.2, 0.25) is 0 Å². The number of aliphatic hydroxyl groups is 1. The van der Waals surface area contributed by atoms with Crippen molar-refractivity contribution >= 4 is 56.3 Å². The highest BCUT2D eigenvalue weighted by molar-refractivity contribution is 6.47. The van der Waals surface area contributed by atoms with Crippen LogP contribution >= 0.6 is 0 Å². The lowest BCUT2D eigenvalue weighted by molar-refractivity contribution is -0.0893. The van der Waals surface area contributed by atoms with Gasteiger partial charge in [0.05, 0.1) is 33.6 Å². The van der Waals surface area contributed by atoms with Crippen molar-refractivity contribution in [3.8, 4) is 22.5 Å². The summed E-state index contributed by atoms with van der Waals surface area (Å²) in [7, 11) is 1.73. The van der Waals surface area contributed by atoms with Gasteiger partial charge in [-0.15, -0.1) is 0 Å². The van der Waals surface area contributed by atoms with E-state index in [0.29, 0.717) is 0 Å². The molecule has 45 heavy (non-hydrogen) atoms. The molecule has 2 heterocycles. The largest absolute Gasteiger partial charge is 0.427 e. The topological polar surface area (TPSA) is 55.2 Å². The first kappa shape index (κ1) is 29.2. The van der Waals surface area contributed by atoms with E-state index in [1.54, 1.807) is 21.3 Å². The number of aryl methyl sites for hydroxylation is 2. The molecule has 1 radical (unpaired) electrons. The molecule has 0 fully saturated rings. The Balaban J connectivity index is 1.59. The Morgan fingerprint density at radius 2 is 1.07 bits per heavy atom. The van der Waals surface area contributed by atoms with E-state index in [9.17, 15) is 5.11 Å². The molecule has 0 aliphatic carbocycles. The van der Waals surface area contributed by atoms with E-state index in [0.717, 1.165) is 55.2 Å². The number of pyridine rings is 2. The van der Waals surface area contributed by atoms with Crippen LogP contribution in [0.4, 0.5) is 0 Å². The molecule has 0 saturated heterocycles. The molecule has 2 aromatic heterocycles. The molecule has 0 unspecified atom stereocenters. The second-order valence-corrected chi connectivity index (χ2v) is 13.0. The average Bonchev–Trinajstić information content (AvgIpc) is 3.04. The molecule has 7 rings (SSSR count). The van der Waals surface area contributed by atoms with Crippen LogP contribution in [0.5, 0.6) is 0 Å². The van der Waals surface area contributed by atoms with Gasteiger partial charge in [0, 0.05) is 32.7 Å². The van der Waals surface area contributed by atoms with Crippen LogP contribution < -0.4 is 5.46 Å². The van der Waals surface area contributed by atoms with E-state index in [1.807, 2.05) is 26.0 Å². The fraction of sp³-hybridized carbons (Fsp3) is 0.200. The highest BCUT2D eigenvalue weighted by Crippen LogP contribution is 2.45. The number of aromatic nitrogens is 2. The summed E-state index contributed by atoms with van der Waals surface area (Å²) in [6.45, 7) is 11.8. The molecule has 5 heteroatoms. The molecule has 0 bridgehead atoms. The highest BCUT2D eigenvalue weighted by atomic mass is 16.5. The van der Waals surface area contributed by atoms with Crippen molar-refractivity contribution in [3.63, 3.8) is 0 Å². The third-order valence-corrected chi connectivity index (χ3v) is 9.46. The predicted molar refractivity (Wildman–Crippen MR) is 189 cm³/mol. The number of hydrogen-bond donors (Lipinski definition) is 1. The van der Waals surface area contributed by atoms with Crippen molar-refractivity contribution < 1.29 is 9.76 Å². The fourth-order valence-corrected chi connectivity index (χ4v) is 6.30. The van der Waals surface area contributed by atoms with Crippen LogP contribution in [0, 0.1) is 13.8 Å². The maximum Gasteiger partial charge on any atom is 0.330 e. The molecule has 0 aliphatic heterocycles. The quantitative estimate of drug-likeness (QED) is 0.120. The zero-order valence-corrected chi connectivity index (χ0v) is 26.6. The van der Waals surface area contributed by atoms with Crippen molar-refractivity contribution in [2.75, 3.05) is 0 Å². The summed E-state index contributed by atoms with van der Waals surface area (Å²) in [5.41, 5.74) is 7.46. The first-order valence-corrected chi connectivity index (χ1v) is 15.5. The van der Waals surface area contributed by atoms with E-state index >= 15 is 0 Å². The second-order valence-electron chi connectivity index (χ2n) is 13.0. The van der Waals surface area contributed by atoms with E-state index in [-0.39, 0.29) is 0 Å². The minimum Gasteiger partial charge on any atom is -0.427 e. The molecule has 7 aromatic rings. The molecule has 4 nitrogen and oxygen atoms in total. The molecule has 0 saturated carbocycles. The summed E-state index contributed by atoms with van der Waals surface area (Å²) in [5.74, 6) is 0. The van der Waals surface area contributed by atoms with Crippen LogP contribution in [-0.2, 0) is 4.65 Å². The zero-order chi connectivity index (χ0) is 31.5. The lowest BCUT2D eigenvalue weighted by atomic mass is 9.81. The molecular weight excluding hydrogens is 551 g/mol. The van der Waals surface area contributed by atoms with Crippen molar-refractivity contribution in [1.82, 2.24) is 9.97 Å². The molecule has 221 valence electrons. The van der Waals surface area contributed by atoms with Gasteiger partial charge in [-0.05, 0) is 75.6 Å². The summed E-state index contributed by atoms with van der Waals surface area (Å²) in [5, 5.41) is 17.6. The van der Waals surface area contributed by atoms with Gasteiger partial charge in [-0.2, -0.15) is 0 Å². The van der Waals surface area contributed by atoms with Gasteiger partial charge in [0.2, 0.25) is 0 Å². The molecule has 0 aliphatic rings. The number of benzene rings is 5. The smallest absolute Gasteiger partial charge is 0.330 e. The number of rotatable bonds is 6. The number of para-hydroxylation sites is 1. The molecule has 5 aromatic carbocycles. The van der Waals surface area contributed by atoms with Gasteiger partial charge in [0.15, 0.2) is 0 Å². The van der Waals surface area contributed by atoms with Crippen molar-refractivity contribution in [1.29, 1.82) is 0 Å². The van der Waals surface area contributed by atoms with Gasteiger partial charge < -0.3 is 9.76 Å².